The lowest BCUT2D eigenvalue weighted by Gasteiger charge is -2.25. The first-order valence-corrected chi connectivity index (χ1v) is 8.30. The molecule has 22 heavy (non-hydrogen) atoms. The minimum Gasteiger partial charge on any atom is -0.347 e. The summed E-state index contributed by atoms with van der Waals surface area (Å²) < 4.78 is 0. The number of hydrogen-bond acceptors (Lipinski definition) is 2. The smallest absolute Gasteiger partial charge is 0.243 e. The molecular weight excluding hydrogens is 276 g/mol. The largest absolute Gasteiger partial charge is 0.347 e. The van der Waals surface area contributed by atoms with Crippen molar-refractivity contribution in [1.82, 2.24) is 10.6 Å². The minimum atomic E-state index is -0.382. The molecule has 1 saturated carbocycles. The molecule has 4 heteroatoms. The van der Waals surface area contributed by atoms with E-state index in [0.29, 0.717) is 0 Å². The first-order valence-electron chi connectivity index (χ1n) is 8.30. The van der Waals surface area contributed by atoms with Gasteiger partial charge in [0.25, 0.3) is 0 Å². The molecule has 2 N–H and O–H groups in total. The SMILES string of the molecule is CC(=O)NC(C(=O)NC1CCc2ccccc21)C1CCCC1. The van der Waals surface area contributed by atoms with E-state index < -0.39 is 0 Å². The standard InChI is InChI=1S/C18H24N2O2/c1-12(21)19-17(14-7-2-3-8-14)18(22)20-16-11-10-13-6-4-5-9-15(13)16/h4-6,9,14,16-17H,2-3,7-8,10-11H2,1H3,(H,19,21)(H,20,22). The van der Waals surface area contributed by atoms with E-state index in [1.807, 2.05) is 12.1 Å². The fourth-order valence-electron chi connectivity index (χ4n) is 3.88. The highest BCUT2D eigenvalue weighted by Gasteiger charge is 2.33. The molecular formula is C18H24N2O2. The number of benzene rings is 1. The van der Waals surface area contributed by atoms with Crippen molar-refractivity contribution in [1.29, 1.82) is 0 Å². The van der Waals surface area contributed by atoms with Gasteiger partial charge in [-0.1, -0.05) is 37.1 Å². The van der Waals surface area contributed by atoms with Gasteiger partial charge in [0, 0.05) is 6.92 Å². The molecule has 0 aromatic heterocycles. The van der Waals surface area contributed by atoms with Crippen LogP contribution < -0.4 is 10.6 Å². The Morgan fingerprint density at radius 3 is 2.59 bits per heavy atom. The minimum absolute atomic E-state index is 0.0243. The third kappa shape index (κ3) is 3.16. The van der Waals surface area contributed by atoms with Gasteiger partial charge in [0.2, 0.25) is 11.8 Å². The van der Waals surface area contributed by atoms with Gasteiger partial charge in [-0.25, -0.2) is 0 Å². The topological polar surface area (TPSA) is 58.2 Å². The number of rotatable bonds is 4. The highest BCUT2D eigenvalue weighted by molar-refractivity contribution is 5.87. The molecule has 0 aliphatic heterocycles. The Hall–Kier alpha value is -1.84. The molecule has 1 aromatic carbocycles. The number of carbonyl (C=O) groups excluding carboxylic acids is 2. The zero-order valence-electron chi connectivity index (χ0n) is 13.1. The van der Waals surface area contributed by atoms with Gasteiger partial charge < -0.3 is 10.6 Å². The Kier molecular flexibility index (Phi) is 4.46. The molecule has 1 aromatic rings. The van der Waals surface area contributed by atoms with E-state index in [-0.39, 0.29) is 29.8 Å². The molecule has 4 nitrogen and oxygen atoms in total. The second-order valence-corrected chi connectivity index (χ2v) is 6.52. The number of fused-ring (bicyclic) bond motifs is 1. The lowest BCUT2D eigenvalue weighted by molar-refractivity contribution is -0.130. The van der Waals surface area contributed by atoms with Crippen LogP contribution in [0.2, 0.25) is 0 Å². The molecule has 0 heterocycles. The number of nitrogens with one attached hydrogen (secondary N) is 2. The molecule has 0 saturated heterocycles. The zero-order valence-corrected chi connectivity index (χ0v) is 13.1. The monoisotopic (exact) mass is 300 g/mol. The summed E-state index contributed by atoms with van der Waals surface area (Å²) in [5.74, 6) is 0.128. The fourth-order valence-corrected chi connectivity index (χ4v) is 3.88. The summed E-state index contributed by atoms with van der Waals surface area (Å²) in [5.41, 5.74) is 2.55. The molecule has 2 atom stereocenters. The maximum atomic E-state index is 12.7. The summed E-state index contributed by atoms with van der Waals surface area (Å²) >= 11 is 0. The van der Waals surface area contributed by atoms with Crippen LogP contribution >= 0.6 is 0 Å². The van der Waals surface area contributed by atoms with Gasteiger partial charge in [-0.15, -0.1) is 0 Å². The van der Waals surface area contributed by atoms with Gasteiger partial charge in [-0.3, -0.25) is 9.59 Å². The van der Waals surface area contributed by atoms with E-state index in [4.69, 9.17) is 0 Å². The van der Waals surface area contributed by atoms with E-state index in [2.05, 4.69) is 22.8 Å². The van der Waals surface area contributed by atoms with Gasteiger partial charge in [0.1, 0.15) is 6.04 Å². The van der Waals surface area contributed by atoms with E-state index >= 15 is 0 Å². The first-order chi connectivity index (χ1) is 10.6. The van der Waals surface area contributed by atoms with Gasteiger partial charge in [0.15, 0.2) is 0 Å². The lowest BCUT2D eigenvalue weighted by atomic mass is 9.96. The molecule has 2 unspecified atom stereocenters. The number of amides is 2. The molecule has 1 fully saturated rings. The molecule has 0 bridgehead atoms. The quantitative estimate of drug-likeness (QED) is 0.897. The van der Waals surface area contributed by atoms with Crippen LogP contribution in [-0.2, 0) is 16.0 Å². The summed E-state index contributed by atoms with van der Waals surface area (Å²) in [6.07, 6.45) is 6.32. The van der Waals surface area contributed by atoms with Crippen molar-refractivity contribution in [3.05, 3.63) is 35.4 Å². The third-order valence-electron chi connectivity index (χ3n) is 4.96. The molecule has 2 aliphatic rings. The number of carbonyl (C=O) groups is 2. The third-order valence-corrected chi connectivity index (χ3v) is 4.96. The second kappa shape index (κ2) is 6.51. The fraction of sp³-hybridized carbons (Fsp3) is 0.556. The van der Waals surface area contributed by atoms with Crippen LogP contribution in [0.3, 0.4) is 0 Å². The molecule has 3 rings (SSSR count). The number of aryl methyl sites for hydroxylation is 1. The van der Waals surface area contributed by atoms with Crippen LogP contribution in [0.4, 0.5) is 0 Å². The van der Waals surface area contributed by atoms with Crippen molar-refractivity contribution in [2.75, 3.05) is 0 Å². The van der Waals surface area contributed by atoms with Crippen LogP contribution in [0.25, 0.3) is 0 Å². The first kappa shape index (κ1) is 15.1. The van der Waals surface area contributed by atoms with Gasteiger partial charge in [-0.2, -0.15) is 0 Å². The maximum absolute atomic E-state index is 12.7. The van der Waals surface area contributed by atoms with Crippen molar-refractivity contribution in [3.63, 3.8) is 0 Å². The lowest BCUT2D eigenvalue weighted by Crippen LogP contribution is -2.50. The molecule has 2 amide bonds. The van der Waals surface area contributed by atoms with Crippen molar-refractivity contribution >= 4 is 11.8 Å². The Labute approximate surface area is 131 Å². The summed E-state index contributed by atoms with van der Waals surface area (Å²) in [6, 6.07) is 7.99. The predicted octanol–water partition coefficient (Wildman–Crippen LogP) is 2.49. The van der Waals surface area contributed by atoms with Gasteiger partial charge in [0.05, 0.1) is 6.04 Å². The van der Waals surface area contributed by atoms with Crippen molar-refractivity contribution in [3.8, 4) is 0 Å². The summed E-state index contributed by atoms with van der Waals surface area (Å²) in [5, 5.41) is 6.03. The Morgan fingerprint density at radius 2 is 1.86 bits per heavy atom. The highest BCUT2D eigenvalue weighted by Crippen LogP contribution is 2.32. The molecule has 0 radical (unpaired) electrons. The van der Waals surface area contributed by atoms with Crippen molar-refractivity contribution < 1.29 is 9.59 Å². The molecule has 2 aliphatic carbocycles. The number of hydrogen-bond donors (Lipinski definition) is 2. The van der Waals surface area contributed by atoms with Crippen LogP contribution in [0, 0.1) is 5.92 Å². The molecule has 118 valence electrons. The molecule has 0 spiro atoms. The van der Waals surface area contributed by atoms with Crippen LogP contribution in [0.15, 0.2) is 24.3 Å². The highest BCUT2D eigenvalue weighted by atomic mass is 16.2. The van der Waals surface area contributed by atoms with E-state index in [1.165, 1.54) is 18.1 Å². The zero-order chi connectivity index (χ0) is 15.5. The van der Waals surface area contributed by atoms with Gasteiger partial charge >= 0.3 is 0 Å². The Balaban J connectivity index is 1.70. The summed E-state index contributed by atoms with van der Waals surface area (Å²) in [4.78, 5) is 24.2. The predicted molar refractivity (Wildman–Crippen MR) is 85.2 cm³/mol. The van der Waals surface area contributed by atoms with Gasteiger partial charge in [-0.05, 0) is 42.7 Å². The Morgan fingerprint density at radius 1 is 1.14 bits per heavy atom. The normalized spacial score (nSPS) is 22.1. The Bertz CT molecular complexity index is 564. The maximum Gasteiger partial charge on any atom is 0.243 e. The van der Waals surface area contributed by atoms with E-state index in [1.54, 1.807) is 0 Å². The average molecular weight is 300 g/mol. The second-order valence-electron chi connectivity index (χ2n) is 6.52. The summed E-state index contributed by atoms with van der Waals surface area (Å²) in [7, 11) is 0. The van der Waals surface area contributed by atoms with Crippen LogP contribution in [0.1, 0.15) is 56.2 Å². The van der Waals surface area contributed by atoms with Crippen molar-refractivity contribution in [2.45, 2.75) is 57.5 Å². The van der Waals surface area contributed by atoms with E-state index in [0.717, 1.165) is 38.5 Å². The summed E-state index contributed by atoms with van der Waals surface area (Å²) in [6.45, 7) is 1.49. The van der Waals surface area contributed by atoms with Crippen LogP contribution in [-0.4, -0.2) is 17.9 Å². The average Bonchev–Trinajstić information content (AvgIpc) is 3.15. The van der Waals surface area contributed by atoms with Crippen LogP contribution in [0.5, 0.6) is 0 Å². The van der Waals surface area contributed by atoms with E-state index in [9.17, 15) is 9.59 Å². The van der Waals surface area contributed by atoms with Crippen molar-refractivity contribution in [2.24, 2.45) is 5.92 Å².